The predicted molar refractivity (Wildman–Crippen MR) is 98.3 cm³/mol. The van der Waals surface area contributed by atoms with Crippen LogP contribution in [0.2, 0.25) is 4.34 Å². The maximum absolute atomic E-state index is 13.0. The highest BCUT2D eigenvalue weighted by atomic mass is 35.5. The van der Waals surface area contributed by atoms with Gasteiger partial charge in [-0.1, -0.05) is 23.4 Å². The Labute approximate surface area is 157 Å². The second-order valence-electron chi connectivity index (χ2n) is 5.14. The largest absolute Gasteiger partial charge is 0.350 e. The summed E-state index contributed by atoms with van der Waals surface area (Å²) in [7, 11) is 1.81. The van der Waals surface area contributed by atoms with Gasteiger partial charge in [0.15, 0.2) is 11.0 Å². The lowest BCUT2D eigenvalue weighted by Crippen LogP contribution is -2.24. The number of nitrogens with zero attached hydrogens (tertiary/aromatic N) is 3. The Morgan fingerprint density at radius 2 is 2.04 bits per heavy atom. The third kappa shape index (κ3) is 4.59. The van der Waals surface area contributed by atoms with Crippen molar-refractivity contribution in [3.63, 3.8) is 0 Å². The Hall–Kier alpha value is -1.90. The highest BCUT2D eigenvalue weighted by Gasteiger charge is 2.13. The van der Waals surface area contributed by atoms with Crippen molar-refractivity contribution in [1.82, 2.24) is 20.1 Å². The smallest absolute Gasteiger partial charge is 0.230 e. The summed E-state index contributed by atoms with van der Waals surface area (Å²) in [6, 6.07) is 9.73. The molecular formula is C16H14ClFN4OS2. The highest BCUT2D eigenvalue weighted by Crippen LogP contribution is 2.23. The number of benzene rings is 1. The molecule has 0 saturated carbocycles. The number of carbonyl (C=O) groups excluding carboxylic acids is 1. The Morgan fingerprint density at radius 1 is 1.28 bits per heavy atom. The summed E-state index contributed by atoms with van der Waals surface area (Å²) in [5, 5.41) is 11.7. The summed E-state index contributed by atoms with van der Waals surface area (Å²) in [6.07, 6.45) is 0. The van der Waals surface area contributed by atoms with Gasteiger partial charge in [0.05, 0.1) is 16.6 Å². The van der Waals surface area contributed by atoms with E-state index in [0.717, 1.165) is 10.4 Å². The summed E-state index contributed by atoms with van der Waals surface area (Å²) >= 11 is 8.59. The quantitative estimate of drug-likeness (QED) is 0.645. The minimum Gasteiger partial charge on any atom is -0.350 e. The van der Waals surface area contributed by atoms with Gasteiger partial charge in [-0.15, -0.1) is 21.5 Å². The lowest BCUT2D eigenvalue weighted by molar-refractivity contribution is -0.118. The molecule has 1 aromatic carbocycles. The molecule has 1 amide bonds. The van der Waals surface area contributed by atoms with Crippen molar-refractivity contribution in [2.45, 2.75) is 11.7 Å². The number of hydrogen-bond acceptors (Lipinski definition) is 5. The van der Waals surface area contributed by atoms with Gasteiger partial charge in [0.1, 0.15) is 5.82 Å². The fourth-order valence-corrected chi connectivity index (χ4v) is 3.87. The van der Waals surface area contributed by atoms with Crippen molar-refractivity contribution in [2.24, 2.45) is 7.05 Å². The normalized spacial score (nSPS) is 10.8. The maximum Gasteiger partial charge on any atom is 0.230 e. The van der Waals surface area contributed by atoms with Crippen LogP contribution in [0.1, 0.15) is 4.88 Å². The van der Waals surface area contributed by atoms with Gasteiger partial charge in [-0.2, -0.15) is 0 Å². The molecule has 9 heteroatoms. The third-order valence-electron chi connectivity index (χ3n) is 3.36. The number of rotatable bonds is 6. The average molecular weight is 397 g/mol. The zero-order valence-corrected chi connectivity index (χ0v) is 15.6. The molecule has 25 heavy (non-hydrogen) atoms. The van der Waals surface area contributed by atoms with Crippen LogP contribution in [-0.4, -0.2) is 26.4 Å². The topological polar surface area (TPSA) is 59.8 Å². The maximum atomic E-state index is 13.0. The summed E-state index contributed by atoms with van der Waals surface area (Å²) in [5.74, 6) is 0.454. The van der Waals surface area contributed by atoms with Crippen LogP contribution in [0.5, 0.6) is 0 Å². The molecule has 0 bridgehead atoms. The molecule has 2 aromatic heterocycles. The van der Waals surface area contributed by atoms with Gasteiger partial charge in [0.2, 0.25) is 5.91 Å². The van der Waals surface area contributed by atoms with Crippen LogP contribution in [-0.2, 0) is 18.4 Å². The Kier molecular flexibility index (Phi) is 5.72. The fraction of sp³-hybridized carbons (Fsp3) is 0.188. The summed E-state index contributed by atoms with van der Waals surface area (Å²) in [6.45, 7) is 0.455. The van der Waals surface area contributed by atoms with Crippen molar-refractivity contribution < 1.29 is 9.18 Å². The number of hydrogen-bond donors (Lipinski definition) is 1. The van der Waals surface area contributed by atoms with E-state index < -0.39 is 0 Å². The van der Waals surface area contributed by atoms with Crippen LogP contribution in [0.25, 0.3) is 11.4 Å². The van der Waals surface area contributed by atoms with Gasteiger partial charge >= 0.3 is 0 Å². The van der Waals surface area contributed by atoms with Crippen LogP contribution in [0.15, 0.2) is 41.6 Å². The van der Waals surface area contributed by atoms with Gasteiger partial charge in [-0.3, -0.25) is 4.79 Å². The van der Waals surface area contributed by atoms with E-state index in [1.54, 1.807) is 22.8 Å². The van der Waals surface area contributed by atoms with E-state index >= 15 is 0 Å². The van der Waals surface area contributed by atoms with E-state index in [9.17, 15) is 9.18 Å². The Balaban J connectivity index is 1.56. The number of carbonyl (C=O) groups is 1. The second kappa shape index (κ2) is 7.99. The van der Waals surface area contributed by atoms with E-state index in [4.69, 9.17) is 11.6 Å². The molecule has 0 aliphatic rings. The summed E-state index contributed by atoms with van der Waals surface area (Å²) in [4.78, 5) is 13.0. The molecule has 0 aliphatic carbocycles. The van der Waals surface area contributed by atoms with Crippen LogP contribution < -0.4 is 5.32 Å². The molecule has 2 heterocycles. The minimum atomic E-state index is -0.302. The highest BCUT2D eigenvalue weighted by molar-refractivity contribution is 7.99. The average Bonchev–Trinajstić information content (AvgIpc) is 3.18. The standard InChI is InChI=1S/C16H14ClFN4OS2/c1-22-15(10-2-4-11(18)5-3-10)20-21-16(22)24-9-14(23)19-8-12-6-7-13(17)25-12/h2-7H,8-9H2,1H3,(H,19,23). The van der Waals surface area contributed by atoms with E-state index in [-0.39, 0.29) is 17.5 Å². The van der Waals surface area contributed by atoms with Crippen molar-refractivity contribution in [3.05, 3.63) is 51.4 Å². The van der Waals surface area contributed by atoms with Gasteiger partial charge in [0.25, 0.3) is 0 Å². The lowest BCUT2D eigenvalue weighted by atomic mass is 10.2. The number of amides is 1. The van der Waals surface area contributed by atoms with E-state index in [1.807, 2.05) is 13.1 Å². The number of aromatic nitrogens is 3. The van der Waals surface area contributed by atoms with Crippen LogP contribution in [0.3, 0.4) is 0 Å². The minimum absolute atomic E-state index is 0.0964. The first kappa shape index (κ1) is 17.9. The summed E-state index contributed by atoms with van der Waals surface area (Å²) in [5.41, 5.74) is 0.766. The monoisotopic (exact) mass is 396 g/mol. The fourth-order valence-electron chi connectivity index (χ4n) is 2.10. The van der Waals surface area contributed by atoms with E-state index in [0.29, 0.717) is 21.9 Å². The first-order valence-electron chi connectivity index (χ1n) is 7.32. The predicted octanol–water partition coefficient (Wildman–Crippen LogP) is 3.74. The molecule has 1 N–H and O–H groups in total. The van der Waals surface area contributed by atoms with Gasteiger partial charge in [-0.05, 0) is 36.4 Å². The second-order valence-corrected chi connectivity index (χ2v) is 7.89. The van der Waals surface area contributed by atoms with Crippen LogP contribution in [0, 0.1) is 5.82 Å². The Morgan fingerprint density at radius 3 is 2.72 bits per heavy atom. The molecule has 130 valence electrons. The van der Waals surface area contributed by atoms with Crippen molar-refractivity contribution in [2.75, 3.05) is 5.75 Å². The molecule has 0 fully saturated rings. The lowest BCUT2D eigenvalue weighted by Gasteiger charge is -2.05. The first-order chi connectivity index (χ1) is 12.0. The molecule has 5 nitrogen and oxygen atoms in total. The summed E-state index contributed by atoms with van der Waals surface area (Å²) < 4.78 is 15.5. The van der Waals surface area contributed by atoms with E-state index in [2.05, 4.69) is 15.5 Å². The molecule has 3 rings (SSSR count). The van der Waals surface area contributed by atoms with Crippen LogP contribution >= 0.6 is 34.7 Å². The van der Waals surface area contributed by atoms with Crippen molar-refractivity contribution in [1.29, 1.82) is 0 Å². The van der Waals surface area contributed by atoms with Crippen LogP contribution in [0.4, 0.5) is 4.39 Å². The van der Waals surface area contributed by atoms with E-state index in [1.165, 1.54) is 35.2 Å². The zero-order valence-electron chi connectivity index (χ0n) is 13.2. The number of thiophene rings is 1. The molecule has 0 spiro atoms. The Bertz CT molecular complexity index is 879. The zero-order chi connectivity index (χ0) is 17.8. The molecule has 3 aromatic rings. The number of thioether (sulfide) groups is 1. The third-order valence-corrected chi connectivity index (χ3v) is 5.61. The van der Waals surface area contributed by atoms with Crippen molar-refractivity contribution in [3.8, 4) is 11.4 Å². The molecular weight excluding hydrogens is 383 g/mol. The molecule has 0 unspecified atom stereocenters. The SMILES string of the molecule is Cn1c(SCC(=O)NCc2ccc(Cl)s2)nnc1-c1ccc(F)cc1. The molecule has 0 aliphatic heterocycles. The van der Waals surface area contributed by atoms with Gasteiger partial charge < -0.3 is 9.88 Å². The van der Waals surface area contributed by atoms with Gasteiger partial charge in [0, 0.05) is 17.5 Å². The number of nitrogens with one attached hydrogen (secondary N) is 1. The van der Waals surface area contributed by atoms with Gasteiger partial charge in [-0.25, -0.2) is 4.39 Å². The molecule has 0 saturated heterocycles. The molecule has 0 radical (unpaired) electrons. The van der Waals surface area contributed by atoms with Crippen molar-refractivity contribution >= 4 is 40.6 Å². The number of halogens is 2. The first-order valence-corrected chi connectivity index (χ1v) is 9.50. The molecule has 0 atom stereocenters.